The Morgan fingerprint density at radius 2 is 1.85 bits per heavy atom. The molecule has 0 aliphatic rings. The van der Waals surface area contributed by atoms with Gasteiger partial charge in [-0.15, -0.1) is 0 Å². The summed E-state index contributed by atoms with van der Waals surface area (Å²) in [7, 11) is 0. The summed E-state index contributed by atoms with van der Waals surface area (Å²) in [5.41, 5.74) is 0.287. The predicted molar refractivity (Wildman–Crippen MR) is 104 cm³/mol. The molecular formula is C19H19Cl2NO5. The molecule has 144 valence electrons. The van der Waals surface area contributed by atoms with E-state index >= 15 is 0 Å². The Kier molecular flexibility index (Phi) is 7.33. The van der Waals surface area contributed by atoms with Gasteiger partial charge in [0.1, 0.15) is 11.5 Å². The van der Waals surface area contributed by atoms with E-state index in [4.69, 9.17) is 37.8 Å². The number of amides is 1. The van der Waals surface area contributed by atoms with E-state index in [1.165, 1.54) is 24.3 Å². The molecule has 0 aliphatic carbocycles. The highest BCUT2D eigenvalue weighted by Gasteiger charge is 2.19. The van der Waals surface area contributed by atoms with Gasteiger partial charge in [-0.2, -0.15) is 0 Å². The van der Waals surface area contributed by atoms with Gasteiger partial charge in [-0.3, -0.25) is 4.79 Å². The highest BCUT2D eigenvalue weighted by atomic mass is 35.5. The molecule has 0 bridgehead atoms. The molecule has 6 nitrogen and oxygen atoms in total. The van der Waals surface area contributed by atoms with E-state index in [-0.39, 0.29) is 16.3 Å². The van der Waals surface area contributed by atoms with Gasteiger partial charge in [-0.1, -0.05) is 30.1 Å². The zero-order valence-corrected chi connectivity index (χ0v) is 16.3. The molecule has 27 heavy (non-hydrogen) atoms. The second kappa shape index (κ2) is 9.48. The van der Waals surface area contributed by atoms with Crippen LogP contribution in [-0.4, -0.2) is 29.7 Å². The third-order valence-corrected chi connectivity index (χ3v) is 4.04. The minimum atomic E-state index is -1.11. The zero-order valence-electron chi connectivity index (χ0n) is 14.8. The van der Waals surface area contributed by atoms with E-state index in [0.717, 1.165) is 6.42 Å². The lowest BCUT2D eigenvalue weighted by atomic mass is 10.2. The minimum Gasteiger partial charge on any atom is -0.491 e. The molecule has 0 saturated heterocycles. The Balaban J connectivity index is 2.16. The van der Waals surface area contributed by atoms with Gasteiger partial charge in [0.05, 0.1) is 22.9 Å². The third kappa shape index (κ3) is 5.77. The second-order valence-corrected chi connectivity index (χ2v) is 6.53. The van der Waals surface area contributed by atoms with Gasteiger partial charge in [-0.25, -0.2) is 4.79 Å². The monoisotopic (exact) mass is 411 g/mol. The second-order valence-electron chi connectivity index (χ2n) is 5.69. The molecule has 8 heteroatoms. The summed E-state index contributed by atoms with van der Waals surface area (Å²) in [5, 5.41) is 12.5. The van der Waals surface area contributed by atoms with Crippen molar-refractivity contribution in [2.75, 3.05) is 11.9 Å². The van der Waals surface area contributed by atoms with Crippen molar-refractivity contribution in [1.29, 1.82) is 0 Å². The molecule has 0 fully saturated rings. The molecular weight excluding hydrogens is 393 g/mol. The minimum absolute atomic E-state index is 0.0310. The molecule has 1 atom stereocenters. The lowest BCUT2D eigenvalue weighted by Gasteiger charge is -2.18. The van der Waals surface area contributed by atoms with Crippen LogP contribution in [0.5, 0.6) is 11.5 Å². The van der Waals surface area contributed by atoms with Crippen molar-refractivity contribution in [3.05, 3.63) is 52.0 Å². The number of anilines is 1. The first-order chi connectivity index (χ1) is 12.8. The highest BCUT2D eigenvalue weighted by molar-refractivity contribution is 6.35. The standard InChI is InChI=1S/C19H19Cl2NO5/c1-3-8-26-17-6-4-12(19(24)25)9-15(17)22-18(23)11(2)27-16-7-5-13(20)10-14(16)21/h4-7,9-11H,3,8H2,1-2H3,(H,22,23)(H,24,25). The number of nitrogens with one attached hydrogen (secondary N) is 1. The van der Waals surface area contributed by atoms with Crippen LogP contribution in [0, 0.1) is 0 Å². The van der Waals surface area contributed by atoms with Gasteiger partial charge in [-0.05, 0) is 49.7 Å². The molecule has 2 aromatic carbocycles. The maximum Gasteiger partial charge on any atom is 0.335 e. The Hall–Kier alpha value is -2.44. The topological polar surface area (TPSA) is 84.9 Å². The maximum atomic E-state index is 12.5. The van der Waals surface area contributed by atoms with Gasteiger partial charge in [0.25, 0.3) is 5.91 Å². The van der Waals surface area contributed by atoms with Crippen LogP contribution in [0.4, 0.5) is 5.69 Å². The van der Waals surface area contributed by atoms with Crippen LogP contribution in [0.25, 0.3) is 0 Å². The van der Waals surface area contributed by atoms with Gasteiger partial charge in [0.15, 0.2) is 6.10 Å². The van der Waals surface area contributed by atoms with Crippen LogP contribution in [0.2, 0.25) is 10.0 Å². The van der Waals surface area contributed by atoms with Gasteiger partial charge < -0.3 is 19.9 Å². The summed E-state index contributed by atoms with van der Waals surface area (Å²) < 4.78 is 11.1. The average Bonchev–Trinajstić information content (AvgIpc) is 2.62. The molecule has 1 unspecified atom stereocenters. The number of rotatable bonds is 8. The number of carboxylic acid groups (broad SMARTS) is 1. The van der Waals surface area contributed by atoms with Gasteiger partial charge in [0, 0.05) is 5.02 Å². The van der Waals surface area contributed by atoms with Crippen molar-refractivity contribution < 1.29 is 24.2 Å². The van der Waals surface area contributed by atoms with E-state index < -0.39 is 18.0 Å². The largest absolute Gasteiger partial charge is 0.491 e. The number of halogens is 2. The number of ether oxygens (including phenoxy) is 2. The molecule has 2 N–H and O–H groups in total. The first-order valence-electron chi connectivity index (χ1n) is 8.24. The summed E-state index contributed by atoms with van der Waals surface area (Å²) in [6.45, 7) is 3.92. The molecule has 0 saturated carbocycles. The number of aromatic carboxylic acids is 1. The molecule has 1 amide bonds. The van der Waals surface area contributed by atoms with Crippen molar-refractivity contribution in [3.8, 4) is 11.5 Å². The molecule has 2 rings (SSSR count). The van der Waals surface area contributed by atoms with Crippen molar-refractivity contribution in [2.24, 2.45) is 0 Å². The normalized spacial score (nSPS) is 11.6. The van der Waals surface area contributed by atoms with Crippen LogP contribution >= 0.6 is 23.2 Å². The van der Waals surface area contributed by atoms with Crippen molar-refractivity contribution in [3.63, 3.8) is 0 Å². The Labute approximate surface area is 167 Å². The predicted octanol–water partition coefficient (Wildman–Crippen LogP) is 4.89. The fourth-order valence-corrected chi connectivity index (χ4v) is 2.60. The van der Waals surface area contributed by atoms with E-state index in [9.17, 15) is 9.59 Å². The smallest absolute Gasteiger partial charge is 0.335 e. The first kappa shape index (κ1) is 20.9. The summed E-state index contributed by atoms with van der Waals surface area (Å²) >= 11 is 11.9. The first-order valence-corrected chi connectivity index (χ1v) is 9.00. The van der Waals surface area contributed by atoms with Crippen molar-refractivity contribution in [1.82, 2.24) is 0 Å². The lowest BCUT2D eigenvalue weighted by Crippen LogP contribution is -2.30. The maximum absolute atomic E-state index is 12.5. The summed E-state index contributed by atoms with van der Waals surface area (Å²) in [5.74, 6) is -0.896. The number of hydrogen-bond acceptors (Lipinski definition) is 4. The lowest BCUT2D eigenvalue weighted by molar-refractivity contribution is -0.122. The van der Waals surface area contributed by atoms with Crippen LogP contribution in [0.1, 0.15) is 30.6 Å². The van der Waals surface area contributed by atoms with Gasteiger partial charge >= 0.3 is 5.97 Å². The van der Waals surface area contributed by atoms with Crippen LogP contribution in [0.15, 0.2) is 36.4 Å². The van der Waals surface area contributed by atoms with Gasteiger partial charge in [0.2, 0.25) is 0 Å². The molecule has 0 spiro atoms. The zero-order chi connectivity index (χ0) is 20.0. The number of hydrogen-bond donors (Lipinski definition) is 2. The molecule has 0 radical (unpaired) electrons. The van der Waals surface area contributed by atoms with E-state index in [0.29, 0.717) is 23.1 Å². The summed E-state index contributed by atoms with van der Waals surface area (Å²) in [6.07, 6.45) is -0.126. The number of carbonyl (C=O) groups excluding carboxylic acids is 1. The van der Waals surface area contributed by atoms with Crippen molar-refractivity contribution >= 4 is 40.8 Å². The van der Waals surface area contributed by atoms with Crippen LogP contribution in [-0.2, 0) is 4.79 Å². The fourth-order valence-electron chi connectivity index (χ4n) is 2.15. The molecule has 0 heterocycles. The van der Waals surface area contributed by atoms with Crippen LogP contribution in [0.3, 0.4) is 0 Å². The summed E-state index contributed by atoms with van der Waals surface area (Å²) in [6, 6.07) is 8.94. The SMILES string of the molecule is CCCOc1ccc(C(=O)O)cc1NC(=O)C(C)Oc1ccc(Cl)cc1Cl. The van der Waals surface area contributed by atoms with E-state index in [2.05, 4.69) is 5.32 Å². The van der Waals surface area contributed by atoms with Crippen LogP contribution < -0.4 is 14.8 Å². The third-order valence-electron chi connectivity index (χ3n) is 3.51. The average molecular weight is 412 g/mol. The van der Waals surface area contributed by atoms with E-state index in [1.807, 2.05) is 6.92 Å². The molecule has 0 aliphatic heterocycles. The number of carbonyl (C=O) groups is 2. The fraction of sp³-hybridized carbons (Fsp3) is 0.263. The van der Waals surface area contributed by atoms with Crippen molar-refractivity contribution in [2.45, 2.75) is 26.4 Å². The Morgan fingerprint density at radius 3 is 2.48 bits per heavy atom. The number of benzene rings is 2. The molecule has 2 aromatic rings. The molecule has 0 aromatic heterocycles. The van der Waals surface area contributed by atoms with E-state index in [1.54, 1.807) is 19.1 Å². The Bertz CT molecular complexity index is 841. The quantitative estimate of drug-likeness (QED) is 0.645. The number of carboxylic acids is 1. The highest BCUT2D eigenvalue weighted by Crippen LogP contribution is 2.29. The summed E-state index contributed by atoms with van der Waals surface area (Å²) in [4.78, 5) is 23.7. The Morgan fingerprint density at radius 1 is 1.15 bits per heavy atom.